The number of unbranched alkanes of at least 4 members (excludes halogenated alkanes) is 2. The molecule has 2 aromatic rings. The maximum atomic E-state index is 13.6. The Kier molecular flexibility index (Phi) is 8.04. The molecule has 0 unspecified atom stereocenters. The number of alkyl halides is 3. The molecule has 0 fully saturated rings. The van der Waals surface area contributed by atoms with Crippen molar-refractivity contribution in [2.75, 3.05) is 25.6 Å². The van der Waals surface area contributed by atoms with Gasteiger partial charge in [-0.1, -0.05) is 19.8 Å². The van der Waals surface area contributed by atoms with Crippen LogP contribution in [0.25, 0.3) is 0 Å². The minimum Gasteiger partial charge on any atom is -0.493 e. The Hall–Kier alpha value is -2.13. The fourth-order valence-electron chi connectivity index (χ4n) is 2.76. The van der Waals surface area contributed by atoms with Gasteiger partial charge in [-0.2, -0.15) is 13.2 Å². The van der Waals surface area contributed by atoms with E-state index in [1.54, 1.807) is 5.38 Å². The second kappa shape index (κ2) is 10.1. The van der Waals surface area contributed by atoms with Gasteiger partial charge in [-0.05, 0) is 38.7 Å². The normalized spacial score (nSPS) is 11.7. The van der Waals surface area contributed by atoms with Crippen molar-refractivity contribution in [2.24, 2.45) is 0 Å². The molecule has 5 nitrogen and oxygen atoms in total. The number of ether oxygens (including phenoxy) is 1. The number of hydrogen-bond donors (Lipinski definition) is 0. The summed E-state index contributed by atoms with van der Waals surface area (Å²) in [4.78, 5) is 19.8. The minimum atomic E-state index is -4.60. The molecule has 0 aliphatic rings. The number of carbonyl (C=O) groups is 1. The number of thiazole rings is 1. The zero-order valence-electron chi connectivity index (χ0n) is 17.0. The van der Waals surface area contributed by atoms with Crippen LogP contribution in [0.3, 0.4) is 0 Å². The van der Waals surface area contributed by atoms with Crippen LogP contribution in [0.5, 0.6) is 5.75 Å². The van der Waals surface area contributed by atoms with Crippen LogP contribution in [0.2, 0.25) is 0 Å². The molecule has 2 rings (SSSR count). The number of rotatable bonds is 9. The van der Waals surface area contributed by atoms with Crippen molar-refractivity contribution in [3.05, 3.63) is 34.8 Å². The van der Waals surface area contributed by atoms with Gasteiger partial charge in [0.1, 0.15) is 5.75 Å². The molecule has 0 spiro atoms. The highest BCUT2D eigenvalue weighted by atomic mass is 32.1. The SMILES string of the molecule is CCCCCOc1ccc(N(C(C)=O)c2nc(CN(C)C)cs2)cc1C(F)(F)F. The lowest BCUT2D eigenvalue weighted by molar-refractivity contribution is -0.139. The molecule has 0 aliphatic heterocycles. The minimum absolute atomic E-state index is 0.108. The average molecular weight is 430 g/mol. The summed E-state index contributed by atoms with van der Waals surface area (Å²) in [6.45, 7) is 4.10. The lowest BCUT2D eigenvalue weighted by Gasteiger charge is -2.21. The summed E-state index contributed by atoms with van der Waals surface area (Å²) in [6.07, 6.45) is -2.08. The van der Waals surface area contributed by atoms with E-state index in [9.17, 15) is 18.0 Å². The highest BCUT2D eigenvalue weighted by molar-refractivity contribution is 7.14. The number of carbonyl (C=O) groups excluding carboxylic acids is 1. The smallest absolute Gasteiger partial charge is 0.420 e. The van der Waals surface area contributed by atoms with Crippen LogP contribution in [-0.2, 0) is 17.5 Å². The Morgan fingerprint density at radius 3 is 2.55 bits per heavy atom. The van der Waals surface area contributed by atoms with Crippen molar-refractivity contribution in [2.45, 2.75) is 45.8 Å². The van der Waals surface area contributed by atoms with Gasteiger partial charge in [0.25, 0.3) is 0 Å². The molecule has 1 aromatic carbocycles. The van der Waals surface area contributed by atoms with Gasteiger partial charge in [0.15, 0.2) is 5.13 Å². The topological polar surface area (TPSA) is 45.7 Å². The molecule has 0 N–H and O–H groups in total. The molecule has 0 saturated carbocycles. The highest BCUT2D eigenvalue weighted by Crippen LogP contribution is 2.40. The molecular weight excluding hydrogens is 403 g/mol. The van der Waals surface area contributed by atoms with Gasteiger partial charge in [-0.25, -0.2) is 4.98 Å². The molecule has 0 saturated heterocycles. The van der Waals surface area contributed by atoms with Gasteiger partial charge in [0.05, 0.1) is 23.6 Å². The van der Waals surface area contributed by atoms with Crippen molar-refractivity contribution in [1.29, 1.82) is 0 Å². The van der Waals surface area contributed by atoms with Gasteiger partial charge in [-0.15, -0.1) is 11.3 Å². The van der Waals surface area contributed by atoms with Crippen LogP contribution in [0.1, 0.15) is 44.4 Å². The van der Waals surface area contributed by atoms with Crippen LogP contribution in [0.4, 0.5) is 24.0 Å². The van der Waals surface area contributed by atoms with E-state index in [0.29, 0.717) is 18.1 Å². The molecule has 9 heteroatoms. The van der Waals surface area contributed by atoms with Gasteiger partial charge in [0, 0.05) is 18.8 Å². The van der Waals surface area contributed by atoms with E-state index in [2.05, 4.69) is 4.98 Å². The molecule has 0 radical (unpaired) electrons. The Bertz CT molecular complexity index is 822. The monoisotopic (exact) mass is 429 g/mol. The predicted molar refractivity (Wildman–Crippen MR) is 109 cm³/mol. The molecular formula is C20H26F3N3O2S. The van der Waals surface area contributed by atoms with Crippen molar-refractivity contribution in [3.8, 4) is 5.75 Å². The van der Waals surface area contributed by atoms with E-state index in [1.165, 1.54) is 35.3 Å². The molecule has 0 aliphatic carbocycles. The largest absolute Gasteiger partial charge is 0.493 e. The van der Waals surface area contributed by atoms with E-state index >= 15 is 0 Å². The first-order valence-electron chi connectivity index (χ1n) is 9.37. The van der Waals surface area contributed by atoms with Crippen molar-refractivity contribution >= 4 is 28.1 Å². The quantitative estimate of drug-likeness (QED) is 0.496. The zero-order valence-corrected chi connectivity index (χ0v) is 17.9. The molecule has 1 amide bonds. The summed E-state index contributed by atoms with van der Waals surface area (Å²) in [5.74, 6) is -0.645. The van der Waals surface area contributed by atoms with Crippen LogP contribution >= 0.6 is 11.3 Å². The first-order valence-corrected chi connectivity index (χ1v) is 10.2. The van der Waals surface area contributed by atoms with Crippen LogP contribution in [0, 0.1) is 0 Å². The van der Waals surface area contributed by atoms with E-state index in [1.807, 2.05) is 25.9 Å². The molecule has 160 valence electrons. The van der Waals surface area contributed by atoms with Gasteiger partial charge in [0.2, 0.25) is 5.91 Å². The highest BCUT2D eigenvalue weighted by Gasteiger charge is 2.35. The fraction of sp³-hybridized carbons (Fsp3) is 0.500. The number of anilines is 2. The predicted octanol–water partition coefficient (Wildman–Crippen LogP) is 5.48. The Labute approximate surface area is 173 Å². The molecule has 29 heavy (non-hydrogen) atoms. The van der Waals surface area contributed by atoms with Crippen molar-refractivity contribution in [1.82, 2.24) is 9.88 Å². The standard InChI is InChI=1S/C20H26F3N3O2S/c1-5-6-7-10-28-18-9-8-16(11-17(18)20(21,22)23)26(14(2)27)19-24-15(13-29-19)12-25(3)4/h8-9,11,13H,5-7,10,12H2,1-4H3. The van der Waals surface area contributed by atoms with Crippen molar-refractivity contribution in [3.63, 3.8) is 0 Å². The van der Waals surface area contributed by atoms with Crippen LogP contribution in [-0.4, -0.2) is 36.5 Å². The van der Waals surface area contributed by atoms with E-state index in [0.717, 1.165) is 24.6 Å². The molecule has 0 atom stereocenters. The fourth-order valence-corrected chi connectivity index (χ4v) is 3.64. The van der Waals surface area contributed by atoms with Crippen LogP contribution < -0.4 is 9.64 Å². The summed E-state index contributed by atoms with van der Waals surface area (Å²) >= 11 is 1.21. The van der Waals surface area contributed by atoms with E-state index in [4.69, 9.17) is 4.74 Å². The Balaban J connectivity index is 2.37. The molecule has 1 heterocycles. The lowest BCUT2D eigenvalue weighted by atomic mass is 10.1. The third-order valence-corrected chi connectivity index (χ3v) is 4.93. The number of halogens is 3. The number of benzene rings is 1. The second-order valence-electron chi connectivity index (χ2n) is 6.95. The van der Waals surface area contributed by atoms with Crippen molar-refractivity contribution < 1.29 is 22.7 Å². The number of hydrogen-bond acceptors (Lipinski definition) is 5. The molecule has 0 bridgehead atoms. The number of aromatic nitrogens is 1. The Morgan fingerprint density at radius 2 is 1.97 bits per heavy atom. The van der Waals surface area contributed by atoms with E-state index in [-0.39, 0.29) is 18.0 Å². The summed E-state index contributed by atoms with van der Waals surface area (Å²) < 4.78 is 46.2. The lowest BCUT2D eigenvalue weighted by Crippen LogP contribution is -2.23. The summed E-state index contributed by atoms with van der Waals surface area (Å²) in [7, 11) is 3.77. The average Bonchev–Trinajstić information content (AvgIpc) is 3.05. The van der Waals surface area contributed by atoms with Gasteiger partial charge >= 0.3 is 6.18 Å². The maximum absolute atomic E-state index is 13.6. The summed E-state index contributed by atoms with van der Waals surface area (Å²) in [5, 5.41) is 2.13. The van der Waals surface area contributed by atoms with E-state index < -0.39 is 17.6 Å². The van der Waals surface area contributed by atoms with Crippen LogP contribution in [0.15, 0.2) is 23.6 Å². The number of nitrogens with zero attached hydrogens (tertiary/aromatic N) is 3. The zero-order chi connectivity index (χ0) is 21.6. The Morgan fingerprint density at radius 1 is 1.24 bits per heavy atom. The first-order chi connectivity index (χ1) is 13.6. The maximum Gasteiger partial charge on any atom is 0.420 e. The third-order valence-electron chi connectivity index (χ3n) is 4.06. The number of amides is 1. The third kappa shape index (κ3) is 6.43. The van der Waals surface area contributed by atoms with Gasteiger partial charge < -0.3 is 9.64 Å². The molecule has 1 aromatic heterocycles. The first kappa shape index (κ1) is 23.2. The van der Waals surface area contributed by atoms with Gasteiger partial charge in [-0.3, -0.25) is 9.69 Å². The summed E-state index contributed by atoms with van der Waals surface area (Å²) in [5.41, 5.74) is -0.0486. The summed E-state index contributed by atoms with van der Waals surface area (Å²) in [6, 6.07) is 3.68. The second-order valence-corrected chi connectivity index (χ2v) is 7.78.